The standard InChI is InChI=1S/C64H44N2/c1-3-18-45(19-4-1)46-36-38-47(39-37-46)50-24-15-26-53(42-50)65(54-27-16-25-51(43-54)56-32-17-23-48-22-7-8-28-55(48)56)64-41-40-52(44-60(64)49-20-5-2-6-21-49)57-29-9-12-33-61(57)66-62-34-13-10-30-58(62)59-31-11-14-35-63(59)66/h1-44H. The second-order valence-electron chi connectivity index (χ2n) is 16.9. The van der Waals surface area contributed by atoms with Crippen molar-refractivity contribution < 1.29 is 0 Å². The Balaban J connectivity index is 1.05. The lowest BCUT2D eigenvalue weighted by atomic mass is 9.94. The summed E-state index contributed by atoms with van der Waals surface area (Å²) in [6, 6.07) is 97.0. The highest BCUT2D eigenvalue weighted by atomic mass is 15.1. The van der Waals surface area contributed by atoms with E-state index >= 15 is 0 Å². The molecule has 0 N–H and O–H groups in total. The molecule has 0 atom stereocenters. The van der Waals surface area contributed by atoms with Crippen LogP contribution in [0.5, 0.6) is 0 Å². The zero-order valence-corrected chi connectivity index (χ0v) is 36.3. The average Bonchev–Trinajstić information content (AvgIpc) is 3.73. The maximum Gasteiger partial charge on any atom is 0.0541 e. The van der Waals surface area contributed by atoms with Gasteiger partial charge in [0.05, 0.1) is 22.4 Å². The smallest absolute Gasteiger partial charge is 0.0541 e. The minimum absolute atomic E-state index is 1.07. The molecule has 66 heavy (non-hydrogen) atoms. The Hall–Kier alpha value is -8.72. The quantitative estimate of drug-likeness (QED) is 0.141. The predicted octanol–water partition coefficient (Wildman–Crippen LogP) is 17.7. The van der Waals surface area contributed by atoms with Crippen LogP contribution in [0.15, 0.2) is 267 Å². The number of nitrogens with zero attached hydrogens (tertiary/aromatic N) is 2. The lowest BCUT2D eigenvalue weighted by Crippen LogP contribution is -2.12. The largest absolute Gasteiger partial charge is 0.310 e. The van der Waals surface area contributed by atoms with E-state index in [0.29, 0.717) is 0 Å². The van der Waals surface area contributed by atoms with E-state index in [1.165, 1.54) is 60.4 Å². The van der Waals surface area contributed by atoms with E-state index in [4.69, 9.17) is 0 Å². The minimum Gasteiger partial charge on any atom is -0.310 e. The Morgan fingerprint density at radius 2 is 0.712 bits per heavy atom. The normalized spacial score (nSPS) is 11.3. The van der Waals surface area contributed by atoms with Crippen molar-refractivity contribution in [3.63, 3.8) is 0 Å². The van der Waals surface area contributed by atoms with Crippen molar-refractivity contribution >= 4 is 49.6 Å². The van der Waals surface area contributed by atoms with Gasteiger partial charge in [-0.3, -0.25) is 0 Å². The first kappa shape index (κ1) is 38.9. The monoisotopic (exact) mass is 840 g/mol. The van der Waals surface area contributed by atoms with Gasteiger partial charge < -0.3 is 9.47 Å². The van der Waals surface area contributed by atoms with Gasteiger partial charge in [-0.15, -0.1) is 0 Å². The highest BCUT2D eigenvalue weighted by Crippen LogP contribution is 2.46. The summed E-state index contributed by atoms with van der Waals surface area (Å²) in [5.74, 6) is 0. The molecule has 310 valence electrons. The van der Waals surface area contributed by atoms with Crippen molar-refractivity contribution in [2.75, 3.05) is 4.90 Å². The summed E-state index contributed by atoms with van der Waals surface area (Å²) in [7, 11) is 0. The van der Waals surface area contributed by atoms with Crippen LogP contribution in [-0.4, -0.2) is 4.57 Å². The number of aromatic nitrogens is 1. The van der Waals surface area contributed by atoms with E-state index < -0.39 is 0 Å². The van der Waals surface area contributed by atoms with Crippen LogP contribution in [0.1, 0.15) is 0 Å². The second-order valence-corrected chi connectivity index (χ2v) is 16.9. The van der Waals surface area contributed by atoms with E-state index in [2.05, 4.69) is 276 Å². The molecule has 1 aromatic heterocycles. The third-order valence-corrected chi connectivity index (χ3v) is 13.0. The Kier molecular flexibility index (Phi) is 9.89. The highest BCUT2D eigenvalue weighted by molar-refractivity contribution is 6.10. The first-order valence-corrected chi connectivity index (χ1v) is 22.7. The van der Waals surface area contributed by atoms with E-state index in [9.17, 15) is 0 Å². The summed E-state index contributed by atoms with van der Waals surface area (Å²) in [4.78, 5) is 2.45. The van der Waals surface area contributed by atoms with Crippen LogP contribution >= 0.6 is 0 Å². The molecule has 0 spiro atoms. The molecule has 0 fully saturated rings. The van der Waals surface area contributed by atoms with Crippen molar-refractivity contribution in [2.45, 2.75) is 0 Å². The van der Waals surface area contributed by atoms with Crippen LogP contribution in [0.2, 0.25) is 0 Å². The lowest BCUT2D eigenvalue weighted by molar-refractivity contribution is 1.18. The number of anilines is 3. The molecule has 0 saturated heterocycles. The van der Waals surface area contributed by atoms with E-state index in [-0.39, 0.29) is 0 Å². The van der Waals surface area contributed by atoms with Crippen molar-refractivity contribution in [1.82, 2.24) is 4.57 Å². The summed E-state index contributed by atoms with van der Waals surface area (Å²) < 4.78 is 2.43. The Bertz CT molecular complexity index is 3640. The van der Waals surface area contributed by atoms with Gasteiger partial charge >= 0.3 is 0 Å². The lowest BCUT2D eigenvalue weighted by Gasteiger charge is -2.29. The van der Waals surface area contributed by atoms with E-state index in [1.54, 1.807) is 0 Å². The van der Waals surface area contributed by atoms with Gasteiger partial charge in [0, 0.05) is 33.3 Å². The van der Waals surface area contributed by atoms with Gasteiger partial charge in [0.1, 0.15) is 0 Å². The summed E-state index contributed by atoms with van der Waals surface area (Å²) in [6.07, 6.45) is 0. The molecular weight excluding hydrogens is 797 g/mol. The molecule has 0 aliphatic carbocycles. The van der Waals surface area contributed by atoms with Crippen molar-refractivity contribution in [2.24, 2.45) is 0 Å². The Labute approximate surface area is 385 Å². The molecule has 0 radical (unpaired) electrons. The third-order valence-electron chi connectivity index (χ3n) is 13.0. The maximum absolute atomic E-state index is 2.45. The molecule has 12 rings (SSSR count). The van der Waals surface area contributed by atoms with Crippen molar-refractivity contribution in [3.8, 4) is 61.3 Å². The fraction of sp³-hybridized carbons (Fsp3) is 0. The first-order valence-electron chi connectivity index (χ1n) is 22.7. The molecule has 11 aromatic carbocycles. The summed E-state index contributed by atoms with van der Waals surface area (Å²) in [5, 5.41) is 4.96. The molecule has 0 aliphatic heterocycles. The van der Waals surface area contributed by atoms with Crippen molar-refractivity contribution in [3.05, 3.63) is 267 Å². The van der Waals surface area contributed by atoms with Crippen LogP contribution in [0.4, 0.5) is 17.1 Å². The van der Waals surface area contributed by atoms with Gasteiger partial charge in [-0.05, 0) is 110 Å². The zero-order chi connectivity index (χ0) is 43.8. The van der Waals surface area contributed by atoms with Gasteiger partial charge in [0.25, 0.3) is 0 Å². The van der Waals surface area contributed by atoms with Crippen LogP contribution < -0.4 is 4.90 Å². The third kappa shape index (κ3) is 7.02. The van der Waals surface area contributed by atoms with Crippen LogP contribution in [0.25, 0.3) is 93.9 Å². The Morgan fingerprint density at radius 3 is 1.42 bits per heavy atom. The fourth-order valence-electron chi connectivity index (χ4n) is 9.87. The maximum atomic E-state index is 2.45. The molecule has 0 amide bonds. The number of hydrogen-bond donors (Lipinski definition) is 0. The molecule has 0 bridgehead atoms. The van der Waals surface area contributed by atoms with Gasteiger partial charge in [-0.25, -0.2) is 0 Å². The van der Waals surface area contributed by atoms with Crippen LogP contribution in [-0.2, 0) is 0 Å². The molecule has 0 aliphatic rings. The molecule has 1 heterocycles. The van der Waals surface area contributed by atoms with Gasteiger partial charge in [0.2, 0.25) is 0 Å². The summed E-state index contributed by atoms with van der Waals surface area (Å²) >= 11 is 0. The molecular formula is C64H44N2. The highest BCUT2D eigenvalue weighted by Gasteiger charge is 2.22. The molecule has 0 saturated carbocycles. The number of hydrogen-bond acceptors (Lipinski definition) is 1. The number of fused-ring (bicyclic) bond motifs is 4. The van der Waals surface area contributed by atoms with Gasteiger partial charge in [-0.2, -0.15) is 0 Å². The van der Waals surface area contributed by atoms with Gasteiger partial charge in [-0.1, -0.05) is 212 Å². The molecule has 2 nitrogen and oxygen atoms in total. The van der Waals surface area contributed by atoms with E-state index in [0.717, 1.165) is 50.6 Å². The summed E-state index contributed by atoms with van der Waals surface area (Å²) in [5.41, 5.74) is 18.5. The SMILES string of the molecule is c1ccc(-c2ccc(-c3cccc(N(c4cccc(-c5cccc6ccccc56)c4)c4ccc(-c5ccccc5-n5c6ccccc6c6ccccc65)cc4-c4ccccc4)c3)cc2)cc1. The predicted molar refractivity (Wildman–Crippen MR) is 280 cm³/mol. The average molecular weight is 841 g/mol. The second kappa shape index (κ2) is 16.8. The fourth-order valence-corrected chi connectivity index (χ4v) is 9.87. The first-order chi connectivity index (χ1) is 32.7. The molecule has 12 aromatic rings. The topological polar surface area (TPSA) is 8.17 Å². The number of benzene rings is 11. The van der Waals surface area contributed by atoms with Gasteiger partial charge in [0.15, 0.2) is 0 Å². The Morgan fingerprint density at radius 1 is 0.258 bits per heavy atom. The number of para-hydroxylation sites is 3. The van der Waals surface area contributed by atoms with Crippen LogP contribution in [0, 0.1) is 0 Å². The number of rotatable bonds is 9. The van der Waals surface area contributed by atoms with Crippen molar-refractivity contribution in [1.29, 1.82) is 0 Å². The molecule has 0 unspecified atom stereocenters. The van der Waals surface area contributed by atoms with Crippen LogP contribution in [0.3, 0.4) is 0 Å². The zero-order valence-electron chi connectivity index (χ0n) is 36.3. The molecule has 2 heteroatoms. The minimum atomic E-state index is 1.07. The summed E-state index contributed by atoms with van der Waals surface area (Å²) in [6.45, 7) is 0. The van der Waals surface area contributed by atoms with E-state index in [1.807, 2.05) is 0 Å².